The van der Waals surface area contributed by atoms with Crippen LogP contribution in [0.15, 0.2) is 24.3 Å². The third-order valence-electron chi connectivity index (χ3n) is 4.85. The SMILES string of the molecule is COc1cccc(C(CNC(=O)CCC2CCCC2)N(C)C)c1. The second kappa shape index (κ2) is 8.92. The highest BCUT2D eigenvalue weighted by Crippen LogP contribution is 2.28. The van der Waals surface area contributed by atoms with E-state index in [0.29, 0.717) is 13.0 Å². The van der Waals surface area contributed by atoms with Gasteiger partial charge in [-0.05, 0) is 44.1 Å². The van der Waals surface area contributed by atoms with E-state index in [1.54, 1.807) is 7.11 Å². The van der Waals surface area contributed by atoms with Crippen LogP contribution in [-0.4, -0.2) is 38.6 Å². The molecule has 0 spiro atoms. The summed E-state index contributed by atoms with van der Waals surface area (Å²) in [7, 11) is 5.75. The van der Waals surface area contributed by atoms with E-state index < -0.39 is 0 Å². The predicted octanol–water partition coefficient (Wildman–Crippen LogP) is 3.38. The van der Waals surface area contributed by atoms with Crippen molar-refractivity contribution in [2.75, 3.05) is 27.7 Å². The Bertz CT molecular complexity index is 496. The summed E-state index contributed by atoms with van der Waals surface area (Å²) >= 11 is 0. The molecule has 128 valence electrons. The number of hydrogen-bond acceptors (Lipinski definition) is 3. The van der Waals surface area contributed by atoms with Crippen molar-refractivity contribution < 1.29 is 9.53 Å². The van der Waals surface area contributed by atoms with Crippen molar-refractivity contribution >= 4 is 5.91 Å². The molecule has 0 saturated heterocycles. The second-order valence-electron chi connectivity index (χ2n) is 6.75. The highest BCUT2D eigenvalue weighted by Gasteiger charge is 2.18. The summed E-state index contributed by atoms with van der Waals surface area (Å²) in [6.07, 6.45) is 6.98. The van der Waals surface area contributed by atoms with Crippen LogP contribution in [0, 0.1) is 5.92 Å². The minimum atomic E-state index is 0.153. The number of hydrogen-bond donors (Lipinski definition) is 1. The van der Waals surface area contributed by atoms with Crippen LogP contribution in [0.1, 0.15) is 50.1 Å². The van der Waals surface area contributed by atoms with Crippen LogP contribution in [0.3, 0.4) is 0 Å². The van der Waals surface area contributed by atoms with Gasteiger partial charge < -0.3 is 15.0 Å². The van der Waals surface area contributed by atoms with Gasteiger partial charge in [0.1, 0.15) is 5.75 Å². The number of carbonyl (C=O) groups excluding carboxylic acids is 1. The van der Waals surface area contributed by atoms with Gasteiger partial charge in [0.25, 0.3) is 0 Å². The highest BCUT2D eigenvalue weighted by molar-refractivity contribution is 5.75. The quantitative estimate of drug-likeness (QED) is 0.799. The molecule has 4 heteroatoms. The van der Waals surface area contributed by atoms with E-state index >= 15 is 0 Å². The number of carbonyl (C=O) groups is 1. The third kappa shape index (κ3) is 5.54. The van der Waals surface area contributed by atoms with Crippen LogP contribution in [0.5, 0.6) is 5.75 Å². The fourth-order valence-electron chi connectivity index (χ4n) is 3.38. The number of methoxy groups -OCH3 is 1. The lowest BCUT2D eigenvalue weighted by Gasteiger charge is -2.25. The highest BCUT2D eigenvalue weighted by atomic mass is 16.5. The molecule has 1 aromatic carbocycles. The Balaban J connectivity index is 1.85. The summed E-state index contributed by atoms with van der Waals surface area (Å²) < 4.78 is 5.30. The number of nitrogens with zero attached hydrogens (tertiary/aromatic N) is 1. The molecule has 2 rings (SSSR count). The lowest BCUT2D eigenvalue weighted by molar-refractivity contribution is -0.121. The van der Waals surface area contributed by atoms with Crippen LogP contribution < -0.4 is 10.1 Å². The Morgan fingerprint density at radius 2 is 2.09 bits per heavy atom. The van der Waals surface area contributed by atoms with Crippen molar-refractivity contribution in [3.63, 3.8) is 0 Å². The monoisotopic (exact) mass is 318 g/mol. The number of benzene rings is 1. The first-order valence-corrected chi connectivity index (χ1v) is 8.67. The van der Waals surface area contributed by atoms with Crippen LogP contribution in [0.25, 0.3) is 0 Å². The van der Waals surface area contributed by atoms with Crippen molar-refractivity contribution in [2.24, 2.45) is 5.92 Å². The number of ether oxygens (including phenoxy) is 1. The Labute approximate surface area is 140 Å². The largest absolute Gasteiger partial charge is 0.497 e. The van der Waals surface area contributed by atoms with Crippen molar-refractivity contribution in [1.29, 1.82) is 0 Å². The Kier molecular flexibility index (Phi) is 6.90. The smallest absolute Gasteiger partial charge is 0.220 e. The molecule has 1 aliphatic rings. The van der Waals surface area contributed by atoms with Gasteiger partial charge in [-0.15, -0.1) is 0 Å². The molecule has 1 saturated carbocycles. The van der Waals surface area contributed by atoms with Gasteiger partial charge in [0.15, 0.2) is 0 Å². The summed E-state index contributed by atoms with van der Waals surface area (Å²) in [6, 6.07) is 8.21. The van der Waals surface area contributed by atoms with Gasteiger partial charge in [0.2, 0.25) is 5.91 Å². The van der Waals surface area contributed by atoms with Gasteiger partial charge in [-0.1, -0.05) is 37.8 Å². The van der Waals surface area contributed by atoms with E-state index in [1.807, 2.05) is 32.3 Å². The normalized spacial score (nSPS) is 16.5. The van der Waals surface area contributed by atoms with Gasteiger partial charge in [-0.25, -0.2) is 0 Å². The fourth-order valence-corrected chi connectivity index (χ4v) is 3.38. The molecule has 1 N–H and O–H groups in total. The third-order valence-corrected chi connectivity index (χ3v) is 4.85. The average molecular weight is 318 g/mol. The number of likely N-dealkylation sites (N-methyl/N-ethyl adjacent to an activating group) is 1. The van der Waals surface area contributed by atoms with E-state index in [2.05, 4.69) is 16.3 Å². The van der Waals surface area contributed by atoms with E-state index in [-0.39, 0.29) is 11.9 Å². The average Bonchev–Trinajstić information content (AvgIpc) is 3.06. The fraction of sp³-hybridized carbons (Fsp3) is 0.632. The van der Waals surface area contributed by atoms with E-state index in [0.717, 1.165) is 23.7 Å². The van der Waals surface area contributed by atoms with Crippen molar-refractivity contribution in [3.8, 4) is 5.75 Å². The molecule has 4 nitrogen and oxygen atoms in total. The van der Waals surface area contributed by atoms with E-state index in [9.17, 15) is 4.79 Å². The Morgan fingerprint density at radius 1 is 1.35 bits per heavy atom. The number of nitrogens with one attached hydrogen (secondary N) is 1. The molecule has 1 aliphatic carbocycles. The molecule has 0 aliphatic heterocycles. The zero-order chi connectivity index (χ0) is 16.7. The first-order valence-electron chi connectivity index (χ1n) is 8.67. The van der Waals surface area contributed by atoms with E-state index in [1.165, 1.54) is 25.7 Å². The molecule has 0 bridgehead atoms. The lowest BCUT2D eigenvalue weighted by Crippen LogP contribution is -2.34. The van der Waals surface area contributed by atoms with Crippen molar-refractivity contribution in [3.05, 3.63) is 29.8 Å². The Morgan fingerprint density at radius 3 is 2.74 bits per heavy atom. The van der Waals surface area contributed by atoms with Crippen molar-refractivity contribution in [1.82, 2.24) is 10.2 Å². The molecule has 23 heavy (non-hydrogen) atoms. The van der Waals surface area contributed by atoms with Crippen molar-refractivity contribution in [2.45, 2.75) is 44.6 Å². The van der Waals surface area contributed by atoms with Crippen LogP contribution >= 0.6 is 0 Å². The predicted molar refractivity (Wildman–Crippen MR) is 93.6 cm³/mol. The molecule has 0 heterocycles. The van der Waals surface area contributed by atoms with Crippen LogP contribution in [0.4, 0.5) is 0 Å². The van der Waals surface area contributed by atoms with Crippen LogP contribution in [-0.2, 0) is 4.79 Å². The second-order valence-corrected chi connectivity index (χ2v) is 6.75. The summed E-state index contributed by atoms with van der Waals surface area (Å²) in [5.41, 5.74) is 1.16. The minimum Gasteiger partial charge on any atom is -0.497 e. The van der Waals surface area contributed by atoms with Gasteiger partial charge >= 0.3 is 0 Å². The van der Waals surface area contributed by atoms with Gasteiger partial charge in [0, 0.05) is 13.0 Å². The molecule has 1 fully saturated rings. The topological polar surface area (TPSA) is 41.6 Å². The molecule has 0 aromatic heterocycles. The Hall–Kier alpha value is -1.55. The summed E-state index contributed by atoms with van der Waals surface area (Å²) in [5, 5.41) is 3.10. The standard InChI is InChI=1S/C19H30N2O2/c1-21(2)18(16-9-6-10-17(13-16)23-3)14-20-19(22)12-11-15-7-4-5-8-15/h6,9-10,13,15,18H,4-5,7-8,11-12,14H2,1-3H3,(H,20,22). The molecule has 1 atom stereocenters. The summed E-state index contributed by atoms with van der Waals surface area (Å²) in [5.74, 6) is 1.79. The maximum atomic E-state index is 12.1. The molecule has 1 amide bonds. The first-order chi connectivity index (χ1) is 11.1. The first kappa shape index (κ1) is 17.8. The maximum absolute atomic E-state index is 12.1. The zero-order valence-corrected chi connectivity index (χ0v) is 14.7. The maximum Gasteiger partial charge on any atom is 0.220 e. The molecular formula is C19H30N2O2. The van der Waals surface area contributed by atoms with Crippen LogP contribution in [0.2, 0.25) is 0 Å². The minimum absolute atomic E-state index is 0.153. The van der Waals surface area contributed by atoms with Gasteiger partial charge in [-0.3, -0.25) is 4.79 Å². The van der Waals surface area contributed by atoms with Gasteiger partial charge in [0.05, 0.1) is 13.2 Å². The van der Waals surface area contributed by atoms with Gasteiger partial charge in [-0.2, -0.15) is 0 Å². The zero-order valence-electron chi connectivity index (χ0n) is 14.7. The number of amides is 1. The van der Waals surface area contributed by atoms with E-state index in [4.69, 9.17) is 4.74 Å². The summed E-state index contributed by atoms with van der Waals surface area (Å²) in [4.78, 5) is 14.3. The molecule has 1 unspecified atom stereocenters. The molecule has 1 aromatic rings. The molecular weight excluding hydrogens is 288 g/mol. The molecule has 0 radical (unpaired) electrons. The number of rotatable bonds is 8. The summed E-state index contributed by atoms with van der Waals surface area (Å²) in [6.45, 7) is 0.629. The lowest BCUT2D eigenvalue weighted by atomic mass is 10.0.